The molecule has 0 atom stereocenters. The third kappa shape index (κ3) is 4.90. The van der Waals surface area contributed by atoms with Crippen molar-refractivity contribution in [1.82, 2.24) is 4.90 Å². The van der Waals surface area contributed by atoms with E-state index in [-0.39, 0.29) is 11.8 Å². The number of carbonyl (C=O) groups is 1. The van der Waals surface area contributed by atoms with Gasteiger partial charge in [-0.15, -0.1) is 11.8 Å². The van der Waals surface area contributed by atoms with Crippen LogP contribution in [0.15, 0.2) is 24.3 Å². The smallest absolute Gasteiger partial charge is 0.342 e. The molecular formula is C16H17F3N2OS. The molecule has 0 radical (unpaired) electrons. The van der Waals surface area contributed by atoms with Crippen molar-refractivity contribution in [2.45, 2.75) is 24.9 Å². The molecule has 23 heavy (non-hydrogen) atoms. The highest BCUT2D eigenvalue weighted by atomic mass is 32.2. The van der Waals surface area contributed by atoms with Crippen molar-refractivity contribution in [3.8, 4) is 6.07 Å². The Bertz CT molecular complexity index is 572. The van der Waals surface area contributed by atoms with Crippen molar-refractivity contribution in [2.75, 3.05) is 24.6 Å². The number of benzene rings is 1. The van der Waals surface area contributed by atoms with Crippen LogP contribution in [0, 0.1) is 11.3 Å². The zero-order valence-electron chi connectivity index (χ0n) is 12.5. The zero-order valence-corrected chi connectivity index (χ0v) is 13.3. The highest BCUT2D eigenvalue weighted by molar-refractivity contribution is 8.00. The Hall–Kier alpha value is -1.68. The van der Waals surface area contributed by atoms with E-state index in [1.807, 2.05) is 6.07 Å². The molecule has 0 unspecified atom stereocenters. The van der Waals surface area contributed by atoms with Crippen LogP contribution in [0.1, 0.15) is 29.9 Å². The van der Waals surface area contributed by atoms with Crippen LogP contribution in [-0.4, -0.2) is 35.4 Å². The third-order valence-corrected chi connectivity index (χ3v) is 4.73. The number of carbonyl (C=O) groups excluding carboxylic acids is 1. The number of likely N-dealkylation sites (tertiary alicyclic amines) is 1. The molecule has 0 aliphatic carbocycles. The van der Waals surface area contributed by atoms with Gasteiger partial charge in [0.05, 0.1) is 23.1 Å². The molecule has 0 saturated carbocycles. The monoisotopic (exact) mass is 342 g/mol. The maximum atomic E-state index is 12.6. The Morgan fingerprint density at radius 1 is 1.26 bits per heavy atom. The van der Waals surface area contributed by atoms with Gasteiger partial charge in [-0.1, -0.05) is 12.1 Å². The van der Waals surface area contributed by atoms with Gasteiger partial charge in [-0.05, 0) is 36.5 Å². The van der Waals surface area contributed by atoms with Crippen LogP contribution >= 0.6 is 11.8 Å². The van der Waals surface area contributed by atoms with Crippen LogP contribution in [0.5, 0.6) is 0 Å². The zero-order chi connectivity index (χ0) is 16.9. The summed E-state index contributed by atoms with van der Waals surface area (Å²) in [6.45, 7) is 1.22. The predicted octanol–water partition coefficient (Wildman–Crippen LogP) is 3.67. The van der Waals surface area contributed by atoms with Gasteiger partial charge in [0.25, 0.3) is 0 Å². The topological polar surface area (TPSA) is 44.1 Å². The van der Waals surface area contributed by atoms with Crippen LogP contribution in [0.3, 0.4) is 0 Å². The fraction of sp³-hybridized carbons (Fsp3) is 0.500. The van der Waals surface area contributed by atoms with E-state index in [9.17, 15) is 18.0 Å². The molecule has 1 aliphatic rings. The van der Waals surface area contributed by atoms with E-state index in [0.717, 1.165) is 30.5 Å². The molecule has 0 bridgehead atoms. The molecule has 1 amide bonds. The summed E-state index contributed by atoms with van der Waals surface area (Å²) in [7, 11) is 0. The Morgan fingerprint density at radius 3 is 2.39 bits per heavy atom. The largest absolute Gasteiger partial charge is 0.416 e. The van der Waals surface area contributed by atoms with E-state index in [1.54, 1.807) is 4.90 Å². The molecular weight excluding hydrogens is 325 g/mol. The number of thioether (sulfide) groups is 1. The van der Waals surface area contributed by atoms with Gasteiger partial charge in [0, 0.05) is 13.1 Å². The number of nitrogens with zero attached hydrogens (tertiary/aromatic N) is 2. The fourth-order valence-corrected chi connectivity index (χ4v) is 3.23. The van der Waals surface area contributed by atoms with Gasteiger partial charge >= 0.3 is 6.18 Å². The molecule has 0 N–H and O–H groups in total. The maximum absolute atomic E-state index is 12.6. The minimum atomic E-state index is -4.31. The van der Waals surface area contributed by atoms with E-state index in [4.69, 9.17) is 5.26 Å². The number of rotatable bonds is 4. The standard InChI is InChI=1S/C16H17F3N2OS/c17-16(18,19)14-3-1-12(2-4-14)13-5-8-21(9-6-13)15(22)11-23-10-7-20/h1-4,13H,5-6,8-11H2. The number of halogens is 3. The quantitative estimate of drug-likeness (QED) is 0.784. The van der Waals surface area contributed by atoms with Crippen LogP contribution in [0.2, 0.25) is 0 Å². The lowest BCUT2D eigenvalue weighted by Gasteiger charge is -2.32. The molecule has 7 heteroatoms. The molecule has 1 fully saturated rings. The second-order valence-corrected chi connectivity index (χ2v) is 6.41. The lowest BCUT2D eigenvalue weighted by atomic mass is 9.89. The summed E-state index contributed by atoms with van der Waals surface area (Å²) in [5.74, 6) is 0.816. The van der Waals surface area contributed by atoms with Crippen molar-refractivity contribution < 1.29 is 18.0 Å². The van der Waals surface area contributed by atoms with Crippen molar-refractivity contribution in [1.29, 1.82) is 5.26 Å². The summed E-state index contributed by atoms with van der Waals surface area (Å²) >= 11 is 1.30. The molecule has 2 rings (SSSR count). The molecule has 124 valence electrons. The van der Waals surface area contributed by atoms with Gasteiger partial charge in [-0.2, -0.15) is 18.4 Å². The average molecular weight is 342 g/mol. The Morgan fingerprint density at radius 2 is 1.87 bits per heavy atom. The van der Waals surface area contributed by atoms with E-state index < -0.39 is 11.7 Å². The number of piperidine rings is 1. The number of hydrogen-bond donors (Lipinski definition) is 0. The Kier molecular flexibility index (Phi) is 5.94. The Labute approximate surface area is 137 Å². The summed E-state index contributed by atoms with van der Waals surface area (Å²) in [5.41, 5.74) is 0.257. The molecule has 0 spiro atoms. The maximum Gasteiger partial charge on any atom is 0.416 e. The first-order valence-electron chi connectivity index (χ1n) is 7.31. The predicted molar refractivity (Wildman–Crippen MR) is 82.9 cm³/mol. The van der Waals surface area contributed by atoms with Crippen molar-refractivity contribution in [3.63, 3.8) is 0 Å². The van der Waals surface area contributed by atoms with E-state index in [0.29, 0.717) is 24.6 Å². The number of hydrogen-bond acceptors (Lipinski definition) is 3. The minimum Gasteiger partial charge on any atom is -0.342 e. The summed E-state index contributed by atoms with van der Waals surface area (Å²) in [6, 6.07) is 7.29. The second kappa shape index (κ2) is 7.73. The van der Waals surface area contributed by atoms with Gasteiger partial charge in [-0.3, -0.25) is 4.79 Å². The summed E-state index contributed by atoms with van der Waals surface area (Å²) in [6.07, 6.45) is -2.81. The van der Waals surface area contributed by atoms with E-state index >= 15 is 0 Å². The lowest BCUT2D eigenvalue weighted by molar-refractivity contribution is -0.137. The van der Waals surface area contributed by atoms with E-state index in [1.165, 1.54) is 23.9 Å². The summed E-state index contributed by atoms with van der Waals surface area (Å²) < 4.78 is 37.7. The molecule has 0 aromatic heterocycles. The molecule has 1 aromatic rings. The van der Waals surface area contributed by atoms with Gasteiger partial charge in [0.15, 0.2) is 0 Å². The molecule has 1 heterocycles. The van der Waals surface area contributed by atoms with Crippen molar-refractivity contribution in [3.05, 3.63) is 35.4 Å². The van der Waals surface area contributed by atoms with Crippen molar-refractivity contribution >= 4 is 17.7 Å². The fourth-order valence-electron chi connectivity index (χ4n) is 2.68. The first-order chi connectivity index (χ1) is 10.9. The minimum absolute atomic E-state index is 0.0242. The van der Waals surface area contributed by atoms with Crippen LogP contribution in [-0.2, 0) is 11.0 Å². The summed E-state index contributed by atoms with van der Waals surface area (Å²) in [4.78, 5) is 13.7. The molecule has 1 aliphatic heterocycles. The first-order valence-corrected chi connectivity index (χ1v) is 8.47. The van der Waals surface area contributed by atoms with Crippen LogP contribution in [0.4, 0.5) is 13.2 Å². The molecule has 3 nitrogen and oxygen atoms in total. The SMILES string of the molecule is N#CCSCC(=O)N1CCC(c2ccc(C(F)(F)F)cc2)CC1. The van der Waals surface area contributed by atoms with Crippen LogP contribution in [0.25, 0.3) is 0 Å². The Balaban J connectivity index is 1.87. The van der Waals surface area contributed by atoms with Gasteiger partial charge in [0.1, 0.15) is 0 Å². The average Bonchev–Trinajstić information content (AvgIpc) is 2.54. The third-order valence-electron chi connectivity index (χ3n) is 3.95. The number of alkyl halides is 3. The van der Waals surface area contributed by atoms with Gasteiger partial charge in [0.2, 0.25) is 5.91 Å². The van der Waals surface area contributed by atoms with Crippen molar-refractivity contribution in [2.24, 2.45) is 0 Å². The summed E-state index contributed by atoms with van der Waals surface area (Å²) in [5, 5.41) is 8.45. The lowest BCUT2D eigenvalue weighted by Crippen LogP contribution is -2.39. The first kappa shape index (κ1) is 17.7. The highest BCUT2D eigenvalue weighted by Crippen LogP contribution is 2.32. The van der Waals surface area contributed by atoms with Crippen LogP contribution < -0.4 is 0 Å². The second-order valence-electron chi connectivity index (χ2n) is 5.43. The highest BCUT2D eigenvalue weighted by Gasteiger charge is 2.30. The van der Waals surface area contributed by atoms with E-state index in [2.05, 4.69) is 0 Å². The van der Waals surface area contributed by atoms with Gasteiger partial charge in [-0.25, -0.2) is 0 Å². The normalized spacial score (nSPS) is 16.2. The molecule has 1 aromatic carbocycles. The number of nitriles is 1. The molecule has 1 saturated heterocycles. The van der Waals surface area contributed by atoms with Gasteiger partial charge < -0.3 is 4.90 Å². The number of amides is 1.